The molecule has 4 unspecified atom stereocenters. The number of aryl methyl sites for hydroxylation is 1. The zero-order valence-electron chi connectivity index (χ0n) is 17.1. The Hall–Kier alpha value is -2.25. The van der Waals surface area contributed by atoms with Crippen LogP contribution in [-0.2, 0) is 15.7 Å². The highest BCUT2D eigenvalue weighted by atomic mass is 19.4. The van der Waals surface area contributed by atoms with Gasteiger partial charge in [0.15, 0.2) is 0 Å². The Balaban J connectivity index is 1.67. The van der Waals surface area contributed by atoms with E-state index < -0.39 is 17.8 Å². The Morgan fingerprint density at radius 3 is 2.59 bits per heavy atom. The maximum absolute atomic E-state index is 13.3. The minimum Gasteiger partial charge on any atom is -0.453 e. The van der Waals surface area contributed by atoms with E-state index in [-0.39, 0.29) is 41.2 Å². The lowest BCUT2D eigenvalue weighted by Gasteiger charge is -2.27. The molecule has 5 nitrogen and oxygen atoms in total. The van der Waals surface area contributed by atoms with Gasteiger partial charge in [0.2, 0.25) is 5.91 Å². The number of nitrogens with zero attached hydrogens (tertiary/aromatic N) is 1. The number of fused-ring (bicyclic) bond motifs is 1. The average molecular weight is 412 g/mol. The second-order valence-electron chi connectivity index (χ2n) is 8.36. The summed E-state index contributed by atoms with van der Waals surface area (Å²) in [5.41, 5.74) is 0.123. The summed E-state index contributed by atoms with van der Waals surface area (Å²) in [5, 5.41) is 2.56. The fourth-order valence-corrected chi connectivity index (χ4v) is 4.77. The summed E-state index contributed by atoms with van der Waals surface area (Å²) in [6.07, 6.45) is -4.36. The molecule has 29 heavy (non-hydrogen) atoms. The summed E-state index contributed by atoms with van der Waals surface area (Å²) in [4.78, 5) is 25.9. The number of alkyl halides is 3. The van der Waals surface area contributed by atoms with E-state index in [9.17, 15) is 22.8 Å². The summed E-state index contributed by atoms with van der Waals surface area (Å²) in [5.74, 6) is -0.191. The number of carbonyl (C=O) groups is 2. The number of hydrogen-bond acceptors (Lipinski definition) is 3. The van der Waals surface area contributed by atoms with Gasteiger partial charge in [0, 0.05) is 19.6 Å². The molecule has 1 heterocycles. The first-order chi connectivity index (χ1) is 13.5. The lowest BCUT2D eigenvalue weighted by Crippen LogP contribution is -2.42. The van der Waals surface area contributed by atoms with E-state index in [1.54, 1.807) is 11.0 Å². The fraction of sp³-hybridized carbons (Fsp3) is 0.619. The van der Waals surface area contributed by atoms with Gasteiger partial charge in [-0.3, -0.25) is 4.79 Å². The molecule has 1 aliphatic carbocycles. The Labute approximate surface area is 168 Å². The third-order valence-corrected chi connectivity index (χ3v) is 6.56. The van der Waals surface area contributed by atoms with Crippen molar-refractivity contribution >= 4 is 12.0 Å². The second-order valence-corrected chi connectivity index (χ2v) is 8.36. The summed E-state index contributed by atoms with van der Waals surface area (Å²) < 4.78 is 44.3. The summed E-state index contributed by atoms with van der Waals surface area (Å²) >= 11 is 0. The van der Waals surface area contributed by atoms with Gasteiger partial charge in [-0.05, 0) is 47.8 Å². The third-order valence-electron chi connectivity index (χ3n) is 6.56. The number of methoxy groups -OCH3 is 1. The van der Waals surface area contributed by atoms with E-state index in [0.29, 0.717) is 25.1 Å². The van der Waals surface area contributed by atoms with Crippen LogP contribution in [0.4, 0.5) is 18.0 Å². The molecule has 2 fully saturated rings. The molecule has 4 atom stereocenters. The molecule has 1 saturated heterocycles. The maximum Gasteiger partial charge on any atom is 0.416 e. The largest absolute Gasteiger partial charge is 0.453 e. The van der Waals surface area contributed by atoms with Crippen molar-refractivity contribution in [1.82, 2.24) is 10.2 Å². The number of ether oxygens (including phenoxy) is 1. The molecule has 160 valence electrons. The SMILES string of the molecule is CCC(CNC(=O)OC)C(=O)N1CC2C(c3ccc(C)c(C(F)(F)F)c3)C2(C)C1. The number of amides is 2. The van der Waals surface area contributed by atoms with Gasteiger partial charge in [0.05, 0.1) is 18.6 Å². The monoisotopic (exact) mass is 412 g/mol. The second kappa shape index (κ2) is 7.54. The van der Waals surface area contributed by atoms with Crippen LogP contribution < -0.4 is 5.32 Å². The zero-order valence-corrected chi connectivity index (χ0v) is 17.1. The maximum atomic E-state index is 13.3. The van der Waals surface area contributed by atoms with Gasteiger partial charge in [0.1, 0.15) is 0 Å². The topological polar surface area (TPSA) is 58.6 Å². The van der Waals surface area contributed by atoms with E-state index in [1.165, 1.54) is 26.2 Å². The van der Waals surface area contributed by atoms with Gasteiger partial charge in [-0.25, -0.2) is 4.79 Å². The van der Waals surface area contributed by atoms with Crippen LogP contribution in [0.2, 0.25) is 0 Å². The Bertz CT molecular complexity index is 811. The minimum absolute atomic E-state index is 0.0292. The van der Waals surface area contributed by atoms with Crippen molar-refractivity contribution in [2.45, 2.75) is 39.3 Å². The van der Waals surface area contributed by atoms with Crippen LogP contribution in [0.5, 0.6) is 0 Å². The molecule has 0 aromatic heterocycles. The molecular formula is C21H27F3N2O3. The van der Waals surface area contributed by atoms with Crippen LogP contribution in [0.25, 0.3) is 0 Å². The highest BCUT2D eigenvalue weighted by Crippen LogP contribution is 2.68. The number of nitrogens with one attached hydrogen (secondary N) is 1. The van der Waals surface area contributed by atoms with Crippen molar-refractivity contribution in [2.75, 3.05) is 26.7 Å². The standard InChI is InChI=1S/C21H27F3N2O3/c1-5-13(9-25-19(28)29-4)18(27)26-10-16-17(20(16,3)11-26)14-7-6-12(2)15(8-14)21(22,23)24/h6-8,13,16-17H,5,9-11H2,1-4H3,(H,25,28). The van der Waals surface area contributed by atoms with Crippen LogP contribution in [0.3, 0.4) is 0 Å². The minimum atomic E-state index is -4.37. The molecule has 0 bridgehead atoms. The van der Waals surface area contributed by atoms with Gasteiger partial charge >= 0.3 is 12.3 Å². The van der Waals surface area contributed by atoms with E-state index in [1.807, 2.05) is 13.8 Å². The van der Waals surface area contributed by atoms with Crippen molar-refractivity contribution < 1.29 is 27.5 Å². The summed E-state index contributed by atoms with van der Waals surface area (Å²) in [6.45, 7) is 6.64. The van der Waals surface area contributed by atoms with Gasteiger partial charge in [-0.1, -0.05) is 26.0 Å². The smallest absolute Gasteiger partial charge is 0.416 e. The van der Waals surface area contributed by atoms with Gasteiger partial charge < -0.3 is 15.0 Å². The number of likely N-dealkylation sites (tertiary alicyclic amines) is 1. The number of piperidine rings is 1. The zero-order chi connectivity index (χ0) is 21.6. The van der Waals surface area contributed by atoms with Crippen LogP contribution in [-0.4, -0.2) is 43.6 Å². The van der Waals surface area contributed by atoms with Crippen molar-refractivity contribution in [3.63, 3.8) is 0 Å². The molecule has 1 aromatic rings. The van der Waals surface area contributed by atoms with E-state index in [4.69, 9.17) is 0 Å². The molecular weight excluding hydrogens is 385 g/mol. The van der Waals surface area contributed by atoms with Crippen molar-refractivity contribution in [1.29, 1.82) is 0 Å². The normalized spacial score (nSPS) is 26.7. The first kappa shape index (κ1) is 21.5. The fourth-order valence-electron chi connectivity index (χ4n) is 4.77. The highest BCUT2D eigenvalue weighted by Gasteiger charge is 2.67. The Kier molecular flexibility index (Phi) is 5.58. The number of benzene rings is 1. The highest BCUT2D eigenvalue weighted by molar-refractivity contribution is 5.80. The molecule has 1 saturated carbocycles. The number of alkyl carbamates (subject to hydrolysis) is 1. The van der Waals surface area contributed by atoms with Gasteiger partial charge in [-0.2, -0.15) is 13.2 Å². The first-order valence-corrected chi connectivity index (χ1v) is 9.81. The Morgan fingerprint density at radius 1 is 1.38 bits per heavy atom. The van der Waals surface area contributed by atoms with Crippen molar-refractivity contribution in [3.8, 4) is 0 Å². The molecule has 0 spiro atoms. The molecule has 1 aliphatic heterocycles. The molecule has 2 amide bonds. The number of carbonyl (C=O) groups excluding carboxylic acids is 2. The van der Waals surface area contributed by atoms with Crippen molar-refractivity contribution in [3.05, 3.63) is 34.9 Å². The van der Waals surface area contributed by atoms with Crippen molar-refractivity contribution in [2.24, 2.45) is 17.3 Å². The summed E-state index contributed by atoms with van der Waals surface area (Å²) in [7, 11) is 1.27. The quantitative estimate of drug-likeness (QED) is 0.797. The lowest BCUT2D eigenvalue weighted by atomic mass is 9.96. The third kappa shape index (κ3) is 3.94. The first-order valence-electron chi connectivity index (χ1n) is 9.81. The van der Waals surface area contributed by atoms with Crippen LogP contribution in [0.1, 0.15) is 42.9 Å². The van der Waals surface area contributed by atoms with E-state index in [2.05, 4.69) is 10.1 Å². The molecule has 3 rings (SSSR count). The van der Waals surface area contributed by atoms with Crippen LogP contribution in [0, 0.1) is 24.2 Å². The predicted molar refractivity (Wildman–Crippen MR) is 101 cm³/mol. The predicted octanol–water partition coefficient (Wildman–Crippen LogP) is 3.96. The number of halogens is 3. The van der Waals surface area contributed by atoms with Gasteiger partial charge in [-0.15, -0.1) is 0 Å². The molecule has 0 radical (unpaired) electrons. The van der Waals surface area contributed by atoms with Crippen LogP contribution in [0.15, 0.2) is 18.2 Å². The van der Waals surface area contributed by atoms with Crippen LogP contribution >= 0.6 is 0 Å². The lowest BCUT2D eigenvalue weighted by molar-refractivity contribution is -0.138. The molecule has 8 heteroatoms. The molecule has 1 aromatic carbocycles. The van der Waals surface area contributed by atoms with E-state index in [0.717, 1.165) is 0 Å². The van der Waals surface area contributed by atoms with E-state index >= 15 is 0 Å². The molecule has 1 N–H and O–H groups in total. The Morgan fingerprint density at radius 2 is 2.07 bits per heavy atom. The number of hydrogen-bond donors (Lipinski definition) is 1. The van der Waals surface area contributed by atoms with Gasteiger partial charge in [0.25, 0.3) is 0 Å². The summed E-state index contributed by atoms with van der Waals surface area (Å²) in [6, 6.07) is 4.58. The number of rotatable bonds is 5. The molecule has 2 aliphatic rings. The average Bonchev–Trinajstić information content (AvgIpc) is 3.06.